The molecule has 5 nitrogen and oxygen atoms in total. The second-order valence-electron chi connectivity index (χ2n) is 7.34. The van der Waals surface area contributed by atoms with Crippen LogP contribution in [0.1, 0.15) is 24.3 Å². The van der Waals surface area contributed by atoms with Crippen molar-refractivity contribution in [2.24, 2.45) is 5.92 Å². The minimum absolute atomic E-state index is 0.0570. The van der Waals surface area contributed by atoms with Gasteiger partial charge in [-0.2, -0.15) is 0 Å². The standard InChI is InChI=1S/C18H21NO4/c1-19-13-7-11(8-14(19)18-15(13)16(18)23-18)22-17(21)12(9-20)10-5-3-2-4-6-10/h2-6,11-16,20H,7-9H2,1H3. The number of likely N-dealkylation sites (N-methyl/N-ethyl adjacent to an activating group) is 1. The highest BCUT2D eigenvalue weighted by Crippen LogP contribution is 2.76. The molecule has 23 heavy (non-hydrogen) atoms. The minimum Gasteiger partial charge on any atom is -0.462 e. The summed E-state index contributed by atoms with van der Waals surface area (Å²) in [5, 5.41) is 9.61. The van der Waals surface area contributed by atoms with Gasteiger partial charge in [-0.25, -0.2) is 0 Å². The number of esters is 1. The molecule has 4 aliphatic rings. The molecule has 0 aromatic heterocycles. The first-order valence-corrected chi connectivity index (χ1v) is 8.43. The van der Waals surface area contributed by atoms with Gasteiger partial charge in [0.2, 0.25) is 0 Å². The van der Waals surface area contributed by atoms with Crippen LogP contribution in [0.4, 0.5) is 0 Å². The Morgan fingerprint density at radius 2 is 2.22 bits per heavy atom. The molecule has 3 aliphatic heterocycles. The maximum Gasteiger partial charge on any atom is 0.316 e. The Morgan fingerprint density at radius 1 is 1.43 bits per heavy atom. The van der Waals surface area contributed by atoms with Crippen LogP contribution in [0.3, 0.4) is 0 Å². The number of aliphatic hydroxyl groups excluding tert-OH is 1. The summed E-state index contributed by atoms with van der Waals surface area (Å²) in [5.74, 6) is -0.248. The lowest BCUT2D eigenvalue weighted by Gasteiger charge is -2.37. The van der Waals surface area contributed by atoms with Gasteiger partial charge in [0, 0.05) is 30.8 Å². The summed E-state index contributed by atoms with van der Waals surface area (Å²) >= 11 is 0. The van der Waals surface area contributed by atoms with Crippen LogP contribution < -0.4 is 0 Å². The van der Waals surface area contributed by atoms with Crippen molar-refractivity contribution in [2.75, 3.05) is 13.7 Å². The quantitative estimate of drug-likeness (QED) is 0.661. The topological polar surface area (TPSA) is 62.3 Å². The van der Waals surface area contributed by atoms with Crippen molar-refractivity contribution in [1.29, 1.82) is 0 Å². The van der Waals surface area contributed by atoms with Gasteiger partial charge in [-0.05, 0) is 12.6 Å². The second kappa shape index (κ2) is 4.56. The molecule has 0 amide bonds. The first-order chi connectivity index (χ1) is 11.2. The Hall–Kier alpha value is -1.43. The van der Waals surface area contributed by atoms with Crippen molar-refractivity contribution in [3.63, 3.8) is 0 Å². The van der Waals surface area contributed by atoms with Gasteiger partial charge in [-0.15, -0.1) is 0 Å². The largest absolute Gasteiger partial charge is 0.462 e. The molecule has 7 unspecified atom stereocenters. The molecule has 1 aromatic carbocycles. The molecular weight excluding hydrogens is 294 g/mol. The third kappa shape index (κ3) is 1.76. The zero-order valence-corrected chi connectivity index (χ0v) is 13.1. The number of benzene rings is 1. The van der Waals surface area contributed by atoms with Crippen LogP contribution in [-0.2, 0) is 14.3 Å². The van der Waals surface area contributed by atoms with Gasteiger partial charge in [0.05, 0.1) is 12.7 Å². The Morgan fingerprint density at radius 3 is 2.87 bits per heavy atom. The molecule has 2 bridgehead atoms. The molecule has 4 fully saturated rings. The molecule has 1 aromatic rings. The summed E-state index contributed by atoms with van der Waals surface area (Å²) in [7, 11) is 2.16. The minimum atomic E-state index is -0.592. The monoisotopic (exact) mass is 315 g/mol. The van der Waals surface area contributed by atoms with E-state index in [1.165, 1.54) is 0 Å². The van der Waals surface area contributed by atoms with E-state index in [1.807, 2.05) is 30.3 Å². The second-order valence-corrected chi connectivity index (χ2v) is 7.34. The van der Waals surface area contributed by atoms with Crippen LogP contribution in [-0.4, -0.2) is 59.5 Å². The van der Waals surface area contributed by atoms with Crippen LogP contribution in [0.25, 0.3) is 0 Å². The normalized spacial score (nSPS) is 44.2. The summed E-state index contributed by atoms with van der Waals surface area (Å²) in [6, 6.07) is 10.2. The average molecular weight is 315 g/mol. The van der Waals surface area contributed by atoms with Gasteiger partial charge in [0.25, 0.3) is 0 Å². The van der Waals surface area contributed by atoms with E-state index in [9.17, 15) is 9.90 Å². The highest BCUT2D eigenvalue weighted by atomic mass is 16.7. The fourth-order valence-electron chi connectivity index (χ4n) is 5.06. The predicted molar refractivity (Wildman–Crippen MR) is 81.8 cm³/mol. The summed E-state index contributed by atoms with van der Waals surface area (Å²) in [6.07, 6.45) is 2.16. The van der Waals surface area contributed by atoms with Crippen molar-refractivity contribution < 1.29 is 19.4 Å². The summed E-state index contributed by atoms with van der Waals surface area (Å²) < 4.78 is 11.5. The third-order valence-corrected chi connectivity index (χ3v) is 6.35. The Bertz CT molecular complexity index is 648. The molecular formula is C18H21NO4. The van der Waals surface area contributed by atoms with Gasteiger partial charge < -0.3 is 14.6 Å². The van der Waals surface area contributed by atoms with Crippen molar-refractivity contribution in [2.45, 2.75) is 48.7 Å². The summed E-state index contributed by atoms with van der Waals surface area (Å²) in [4.78, 5) is 14.9. The maximum absolute atomic E-state index is 12.5. The number of carbonyl (C=O) groups excluding carboxylic acids is 1. The number of nitrogens with zero attached hydrogens (tertiary/aromatic N) is 1. The highest BCUT2D eigenvalue weighted by Gasteiger charge is 2.92. The zero-order valence-electron chi connectivity index (χ0n) is 13.1. The SMILES string of the molecule is CN1C2CC(OC(=O)C(CO)c3ccccc3)CC1C13OC1C23. The number of ether oxygens (including phenoxy) is 2. The Balaban J connectivity index is 1.28. The number of carbonyl (C=O) groups is 1. The molecule has 1 saturated carbocycles. The summed E-state index contributed by atoms with van der Waals surface area (Å²) in [5.41, 5.74) is 0.916. The van der Waals surface area contributed by atoms with Gasteiger partial charge >= 0.3 is 5.97 Å². The number of fused-ring (bicyclic) bond motifs is 4. The molecule has 5 rings (SSSR count). The van der Waals surface area contributed by atoms with Crippen LogP contribution in [0.5, 0.6) is 0 Å². The fraction of sp³-hybridized carbons (Fsp3) is 0.611. The molecule has 1 spiro atoms. The Labute approximate surface area is 135 Å². The van der Waals surface area contributed by atoms with Crippen LogP contribution in [0, 0.1) is 5.92 Å². The van der Waals surface area contributed by atoms with Gasteiger partial charge in [-0.1, -0.05) is 30.3 Å². The van der Waals surface area contributed by atoms with Crippen LogP contribution in [0.2, 0.25) is 0 Å². The van der Waals surface area contributed by atoms with Crippen LogP contribution in [0.15, 0.2) is 30.3 Å². The van der Waals surface area contributed by atoms with Crippen molar-refractivity contribution >= 4 is 5.97 Å². The number of hydrogen-bond acceptors (Lipinski definition) is 5. The smallest absolute Gasteiger partial charge is 0.316 e. The van der Waals surface area contributed by atoms with E-state index in [-0.39, 0.29) is 24.3 Å². The molecule has 122 valence electrons. The third-order valence-electron chi connectivity index (χ3n) is 6.35. The van der Waals surface area contributed by atoms with Crippen molar-refractivity contribution in [3.8, 4) is 0 Å². The molecule has 1 aliphatic carbocycles. The first kappa shape index (κ1) is 14.0. The number of hydrogen-bond donors (Lipinski definition) is 1. The highest BCUT2D eigenvalue weighted by molar-refractivity contribution is 5.78. The molecule has 0 radical (unpaired) electrons. The molecule has 3 saturated heterocycles. The van der Waals surface area contributed by atoms with Gasteiger partial charge in [0.15, 0.2) is 0 Å². The van der Waals surface area contributed by atoms with E-state index in [0.29, 0.717) is 24.1 Å². The summed E-state index contributed by atoms with van der Waals surface area (Å²) in [6.45, 7) is -0.222. The van der Waals surface area contributed by atoms with E-state index in [4.69, 9.17) is 9.47 Å². The van der Waals surface area contributed by atoms with Crippen molar-refractivity contribution in [1.82, 2.24) is 4.90 Å². The lowest BCUT2D eigenvalue weighted by molar-refractivity contribution is -0.155. The molecule has 3 heterocycles. The maximum atomic E-state index is 12.5. The fourth-order valence-corrected chi connectivity index (χ4v) is 5.06. The first-order valence-electron chi connectivity index (χ1n) is 8.43. The lowest BCUT2D eigenvalue weighted by atomic mass is 9.95. The number of aliphatic hydroxyl groups is 1. The van der Waals surface area contributed by atoms with E-state index in [0.717, 1.165) is 18.4 Å². The van der Waals surface area contributed by atoms with Crippen LogP contribution >= 0.6 is 0 Å². The molecule has 1 N–H and O–H groups in total. The Kier molecular flexibility index (Phi) is 2.77. The molecule has 5 heteroatoms. The molecule has 7 atom stereocenters. The number of piperidine rings is 2. The van der Waals surface area contributed by atoms with Crippen molar-refractivity contribution in [3.05, 3.63) is 35.9 Å². The zero-order chi connectivity index (χ0) is 15.8. The predicted octanol–water partition coefficient (Wildman–Crippen LogP) is 0.918. The van der Waals surface area contributed by atoms with E-state index < -0.39 is 5.92 Å². The number of epoxide rings is 1. The van der Waals surface area contributed by atoms with E-state index in [2.05, 4.69) is 11.9 Å². The number of rotatable bonds is 4. The van der Waals surface area contributed by atoms with E-state index >= 15 is 0 Å². The van der Waals surface area contributed by atoms with Gasteiger partial charge in [-0.3, -0.25) is 9.69 Å². The van der Waals surface area contributed by atoms with Gasteiger partial charge in [0.1, 0.15) is 17.6 Å². The van der Waals surface area contributed by atoms with E-state index in [1.54, 1.807) is 0 Å². The average Bonchev–Trinajstić information content (AvgIpc) is 3.40. The lowest BCUT2D eigenvalue weighted by Crippen LogP contribution is -2.48.